The van der Waals surface area contributed by atoms with Crippen molar-refractivity contribution >= 4 is 17.6 Å². The van der Waals surface area contributed by atoms with Gasteiger partial charge >= 0.3 is 0 Å². The Morgan fingerprint density at radius 2 is 2.37 bits per heavy atom. The molecular weight excluding hydrogens is 262 g/mol. The van der Waals surface area contributed by atoms with Crippen LogP contribution in [-0.2, 0) is 12.8 Å². The predicted molar refractivity (Wildman–Crippen MR) is 75.8 cm³/mol. The lowest BCUT2D eigenvalue weighted by Gasteiger charge is -2.14. The zero-order valence-electron chi connectivity index (χ0n) is 11.0. The molecule has 2 rings (SSSR count). The molecule has 1 aromatic rings. The van der Waals surface area contributed by atoms with Crippen LogP contribution in [0.25, 0.3) is 0 Å². The van der Waals surface area contributed by atoms with Gasteiger partial charge in [-0.05, 0) is 37.3 Å². The summed E-state index contributed by atoms with van der Waals surface area (Å²) in [7, 11) is 0. The van der Waals surface area contributed by atoms with Crippen molar-refractivity contribution in [2.24, 2.45) is 10.9 Å². The van der Waals surface area contributed by atoms with E-state index in [9.17, 15) is 0 Å². The minimum absolute atomic E-state index is 0.0981. The maximum Gasteiger partial charge on any atom is 0.172 e. The van der Waals surface area contributed by atoms with Gasteiger partial charge in [0.05, 0.1) is 5.56 Å². The molecule has 19 heavy (non-hydrogen) atoms. The summed E-state index contributed by atoms with van der Waals surface area (Å²) in [5.41, 5.74) is 8.74. The quantitative estimate of drug-likeness (QED) is 0.250. The van der Waals surface area contributed by atoms with Gasteiger partial charge in [0.15, 0.2) is 5.84 Å². The first kappa shape index (κ1) is 14.1. The summed E-state index contributed by atoms with van der Waals surface area (Å²) in [6.07, 6.45) is 3.80. The van der Waals surface area contributed by atoms with Gasteiger partial charge in [0.1, 0.15) is 5.03 Å². The van der Waals surface area contributed by atoms with E-state index in [2.05, 4.69) is 10.1 Å². The molecule has 1 atom stereocenters. The number of thioether (sulfide) groups is 1. The standard InChI is InChI=1S/C13H19N3O2S/c1-8(5-6-17)19-13-10(12(14)16-18)7-9-3-2-4-11(9)15-13/h7-8,17-18H,2-6H2,1H3,(H2,14,16). The molecule has 0 saturated carbocycles. The number of fused-ring (bicyclic) bond motifs is 1. The van der Waals surface area contributed by atoms with Gasteiger partial charge in [0.25, 0.3) is 0 Å². The zero-order valence-corrected chi connectivity index (χ0v) is 11.8. The van der Waals surface area contributed by atoms with E-state index in [1.165, 1.54) is 5.56 Å². The Morgan fingerprint density at radius 1 is 1.58 bits per heavy atom. The number of aromatic nitrogens is 1. The average Bonchev–Trinajstić information content (AvgIpc) is 2.84. The highest BCUT2D eigenvalue weighted by Crippen LogP contribution is 2.31. The van der Waals surface area contributed by atoms with Crippen molar-refractivity contribution in [3.8, 4) is 0 Å². The summed E-state index contributed by atoms with van der Waals surface area (Å²) in [6.45, 7) is 2.18. The van der Waals surface area contributed by atoms with Gasteiger partial charge in [-0.15, -0.1) is 11.8 Å². The van der Waals surface area contributed by atoms with Crippen molar-refractivity contribution in [3.63, 3.8) is 0 Å². The van der Waals surface area contributed by atoms with E-state index in [1.54, 1.807) is 11.8 Å². The molecule has 0 bridgehead atoms. The Hall–Kier alpha value is -1.27. The second-order valence-electron chi connectivity index (χ2n) is 4.73. The number of hydrogen-bond acceptors (Lipinski definition) is 5. The average molecular weight is 281 g/mol. The second-order valence-corrected chi connectivity index (χ2v) is 6.15. The maximum absolute atomic E-state index is 8.97. The maximum atomic E-state index is 8.97. The molecule has 1 aliphatic carbocycles. The molecule has 0 amide bonds. The lowest BCUT2D eigenvalue weighted by Crippen LogP contribution is -2.16. The van der Waals surface area contributed by atoms with E-state index in [1.807, 2.05) is 13.0 Å². The van der Waals surface area contributed by atoms with Gasteiger partial charge in [-0.3, -0.25) is 0 Å². The highest BCUT2D eigenvalue weighted by Gasteiger charge is 2.20. The third-order valence-electron chi connectivity index (χ3n) is 3.25. The molecule has 1 aromatic heterocycles. The van der Waals surface area contributed by atoms with Crippen LogP contribution in [0.1, 0.15) is 36.6 Å². The number of pyridine rings is 1. The number of aliphatic hydroxyl groups excluding tert-OH is 1. The van der Waals surface area contributed by atoms with Gasteiger partial charge in [-0.2, -0.15) is 0 Å². The molecule has 4 N–H and O–H groups in total. The molecule has 104 valence electrons. The van der Waals surface area contributed by atoms with Crippen molar-refractivity contribution < 1.29 is 10.3 Å². The number of amidine groups is 1. The van der Waals surface area contributed by atoms with Crippen LogP contribution in [-0.4, -0.2) is 33.0 Å². The first-order chi connectivity index (χ1) is 9.15. The van der Waals surface area contributed by atoms with Crippen molar-refractivity contribution in [3.05, 3.63) is 22.9 Å². The van der Waals surface area contributed by atoms with Gasteiger partial charge < -0.3 is 16.0 Å². The van der Waals surface area contributed by atoms with Crippen molar-refractivity contribution in [2.45, 2.75) is 42.9 Å². The lowest BCUT2D eigenvalue weighted by atomic mass is 10.1. The Bertz CT molecular complexity index is 491. The van der Waals surface area contributed by atoms with E-state index < -0.39 is 0 Å². The topological polar surface area (TPSA) is 91.7 Å². The predicted octanol–water partition coefficient (Wildman–Crippen LogP) is 1.53. The SMILES string of the molecule is CC(CCO)Sc1nc2c(cc1C(N)=NO)CCC2. The van der Waals surface area contributed by atoms with Crippen LogP contribution in [0.15, 0.2) is 16.2 Å². The van der Waals surface area contributed by atoms with Crippen LogP contribution in [0.5, 0.6) is 0 Å². The summed E-state index contributed by atoms with van der Waals surface area (Å²) in [4.78, 5) is 4.65. The van der Waals surface area contributed by atoms with Gasteiger partial charge in [-0.1, -0.05) is 12.1 Å². The minimum Gasteiger partial charge on any atom is -0.409 e. The second kappa shape index (κ2) is 6.25. The lowest BCUT2D eigenvalue weighted by molar-refractivity contribution is 0.289. The molecular formula is C13H19N3O2S. The highest BCUT2D eigenvalue weighted by molar-refractivity contribution is 7.99. The van der Waals surface area contributed by atoms with E-state index in [0.29, 0.717) is 12.0 Å². The Kier molecular flexibility index (Phi) is 4.66. The first-order valence-electron chi connectivity index (χ1n) is 6.44. The number of aliphatic hydroxyl groups is 1. The van der Waals surface area contributed by atoms with E-state index >= 15 is 0 Å². The van der Waals surface area contributed by atoms with Gasteiger partial charge in [-0.25, -0.2) is 4.98 Å². The molecule has 1 heterocycles. The van der Waals surface area contributed by atoms with E-state index in [0.717, 1.165) is 30.0 Å². The fourth-order valence-electron chi connectivity index (χ4n) is 2.21. The summed E-state index contributed by atoms with van der Waals surface area (Å²) >= 11 is 1.56. The zero-order chi connectivity index (χ0) is 13.8. The molecule has 0 saturated heterocycles. The molecule has 1 unspecified atom stereocenters. The highest BCUT2D eigenvalue weighted by atomic mass is 32.2. The van der Waals surface area contributed by atoms with Crippen molar-refractivity contribution in [1.29, 1.82) is 0 Å². The van der Waals surface area contributed by atoms with Crippen molar-refractivity contribution in [1.82, 2.24) is 4.98 Å². The van der Waals surface area contributed by atoms with Gasteiger partial charge in [0.2, 0.25) is 0 Å². The number of aryl methyl sites for hydroxylation is 2. The summed E-state index contributed by atoms with van der Waals surface area (Å²) in [5.74, 6) is 0.0981. The van der Waals surface area contributed by atoms with E-state index in [4.69, 9.17) is 16.0 Å². The number of oxime groups is 1. The molecule has 0 radical (unpaired) electrons. The van der Waals surface area contributed by atoms with E-state index in [-0.39, 0.29) is 17.7 Å². The normalized spacial score (nSPS) is 16.4. The molecule has 5 nitrogen and oxygen atoms in total. The Labute approximate surface area is 116 Å². The summed E-state index contributed by atoms with van der Waals surface area (Å²) in [5, 5.41) is 22.0. The smallest absolute Gasteiger partial charge is 0.172 e. The van der Waals surface area contributed by atoms with Crippen LogP contribution < -0.4 is 5.73 Å². The van der Waals surface area contributed by atoms with Crippen LogP contribution in [0.3, 0.4) is 0 Å². The number of nitrogens with zero attached hydrogens (tertiary/aromatic N) is 2. The van der Waals surface area contributed by atoms with Crippen molar-refractivity contribution in [2.75, 3.05) is 6.61 Å². The molecule has 0 spiro atoms. The Balaban J connectivity index is 2.34. The van der Waals surface area contributed by atoms with Gasteiger partial charge in [0, 0.05) is 17.6 Å². The molecule has 0 aromatic carbocycles. The number of rotatable bonds is 5. The first-order valence-corrected chi connectivity index (χ1v) is 7.32. The monoisotopic (exact) mass is 281 g/mol. The molecule has 0 fully saturated rings. The van der Waals surface area contributed by atoms with Crippen LogP contribution in [0.4, 0.5) is 0 Å². The van der Waals surface area contributed by atoms with Crippen LogP contribution in [0, 0.1) is 0 Å². The number of hydrogen-bond donors (Lipinski definition) is 3. The largest absolute Gasteiger partial charge is 0.409 e. The summed E-state index contributed by atoms with van der Waals surface area (Å²) < 4.78 is 0. The molecule has 0 aliphatic heterocycles. The number of nitrogens with two attached hydrogens (primary N) is 1. The fourth-order valence-corrected chi connectivity index (χ4v) is 3.27. The third kappa shape index (κ3) is 3.19. The van der Waals surface area contributed by atoms with Crippen LogP contribution >= 0.6 is 11.8 Å². The molecule has 1 aliphatic rings. The fraction of sp³-hybridized carbons (Fsp3) is 0.538. The summed E-state index contributed by atoms with van der Waals surface area (Å²) in [6, 6.07) is 1.98. The minimum atomic E-state index is 0.0981. The molecule has 6 heteroatoms. The third-order valence-corrected chi connectivity index (χ3v) is 4.42. The Morgan fingerprint density at radius 3 is 3.05 bits per heavy atom. The van der Waals surface area contributed by atoms with Crippen LogP contribution in [0.2, 0.25) is 0 Å².